The van der Waals surface area contributed by atoms with Gasteiger partial charge in [0.1, 0.15) is 5.82 Å². The Hall–Kier alpha value is -2.98. The summed E-state index contributed by atoms with van der Waals surface area (Å²) in [6, 6.07) is 4.19. The lowest BCUT2D eigenvalue weighted by Crippen LogP contribution is -2.33. The van der Waals surface area contributed by atoms with E-state index in [9.17, 15) is 27.2 Å². The molecular formula is C14H12F4N4O3. The van der Waals surface area contributed by atoms with Gasteiger partial charge in [-0.2, -0.15) is 13.2 Å². The zero-order valence-corrected chi connectivity index (χ0v) is 12.7. The minimum absolute atomic E-state index is 0.266. The van der Waals surface area contributed by atoms with Crippen LogP contribution in [0.4, 0.5) is 17.6 Å². The van der Waals surface area contributed by atoms with Gasteiger partial charge in [0, 0.05) is 6.54 Å². The van der Waals surface area contributed by atoms with Crippen LogP contribution in [0.2, 0.25) is 0 Å². The van der Waals surface area contributed by atoms with E-state index in [0.717, 1.165) is 12.1 Å². The second-order valence-electron chi connectivity index (χ2n) is 5.13. The number of aromatic nitrogens is 3. The van der Waals surface area contributed by atoms with E-state index in [0.29, 0.717) is 4.68 Å². The minimum atomic E-state index is -5.00. The Labute approximate surface area is 138 Å². The molecule has 0 saturated carbocycles. The van der Waals surface area contributed by atoms with Crippen LogP contribution in [0.25, 0.3) is 5.69 Å². The molecule has 134 valence electrons. The molecule has 25 heavy (non-hydrogen) atoms. The summed E-state index contributed by atoms with van der Waals surface area (Å²) >= 11 is 0. The van der Waals surface area contributed by atoms with Gasteiger partial charge in [0.2, 0.25) is 0 Å². The SMILES string of the molecule is CC(CNC(=O)c1nnn(-c2cccc(F)c2)c1C(F)(F)F)C(=O)O. The zero-order valence-electron chi connectivity index (χ0n) is 12.7. The van der Waals surface area contributed by atoms with E-state index in [1.165, 1.54) is 19.1 Å². The number of hydrogen-bond donors (Lipinski definition) is 2. The fourth-order valence-electron chi connectivity index (χ4n) is 1.89. The number of rotatable bonds is 5. The van der Waals surface area contributed by atoms with Crippen LogP contribution in [0.5, 0.6) is 0 Å². The van der Waals surface area contributed by atoms with Gasteiger partial charge in [-0.1, -0.05) is 18.2 Å². The number of alkyl halides is 3. The number of benzene rings is 1. The van der Waals surface area contributed by atoms with Crippen LogP contribution in [-0.2, 0) is 11.0 Å². The predicted octanol–water partition coefficient (Wildman–Crippen LogP) is 1.88. The summed E-state index contributed by atoms with van der Waals surface area (Å²) in [4.78, 5) is 22.7. The van der Waals surface area contributed by atoms with Crippen molar-refractivity contribution in [3.05, 3.63) is 41.5 Å². The van der Waals surface area contributed by atoms with Crippen molar-refractivity contribution < 1.29 is 32.3 Å². The fourth-order valence-corrected chi connectivity index (χ4v) is 1.89. The van der Waals surface area contributed by atoms with Gasteiger partial charge < -0.3 is 10.4 Å². The molecule has 1 aromatic carbocycles. The van der Waals surface area contributed by atoms with Crippen molar-refractivity contribution in [3.63, 3.8) is 0 Å². The van der Waals surface area contributed by atoms with E-state index < -0.39 is 47.7 Å². The second kappa shape index (κ2) is 6.87. The number of nitrogens with one attached hydrogen (secondary N) is 1. The van der Waals surface area contributed by atoms with Crippen LogP contribution in [0.3, 0.4) is 0 Å². The standard InChI is InChI=1S/C14H12F4N4O3/c1-7(13(24)25)6-19-12(23)10-11(14(16,17)18)22(21-20-10)9-4-2-3-8(15)5-9/h2-5,7H,6H2,1H3,(H,19,23)(H,24,25). The van der Waals surface area contributed by atoms with Gasteiger partial charge in [-0.3, -0.25) is 9.59 Å². The number of nitrogens with zero attached hydrogens (tertiary/aromatic N) is 3. The molecule has 0 spiro atoms. The molecule has 0 aliphatic carbocycles. The molecule has 0 saturated heterocycles. The van der Waals surface area contributed by atoms with Crippen molar-refractivity contribution in [2.24, 2.45) is 5.92 Å². The summed E-state index contributed by atoms with van der Waals surface area (Å²) in [5, 5.41) is 17.3. The lowest BCUT2D eigenvalue weighted by Gasteiger charge is -2.12. The third-order valence-electron chi connectivity index (χ3n) is 3.20. The molecule has 2 N–H and O–H groups in total. The van der Waals surface area contributed by atoms with Crippen molar-refractivity contribution in [2.75, 3.05) is 6.54 Å². The molecule has 0 aliphatic rings. The third kappa shape index (κ3) is 4.11. The van der Waals surface area contributed by atoms with Crippen molar-refractivity contribution in [1.29, 1.82) is 0 Å². The summed E-state index contributed by atoms with van der Waals surface area (Å²) in [5.41, 5.74) is -2.79. The minimum Gasteiger partial charge on any atom is -0.481 e. The van der Waals surface area contributed by atoms with Crippen LogP contribution in [0.1, 0.15) is 23.1 Å². The largest absolute Gasteiger partial charge is 0.481 e. The molecule has 1 aromatic heterocycles. The first-order valence-electron chi connectivity index (χ1n) is 6.91. The summed E-state index contributed by atoms with van der Waals surface area (Å²) in [6.45, 7) is 0.884. The van der Waals surface area contributed by atoms with E-state index in [1.54, 1.807) is 0 Å². The van der Waals surface area contributed by atoms with Crippen molar-refractivity contribution >= 4 is 11.9 Å². The molecule has 0 fully saturated rings. The number of amides is 1. The Morgan fingerprint density at radius 3 is 2.60 bits per heavy atom. The van der Waals surface area contributed by atoms with Crippen LogP contribution < -0.4 is 5.32 Å². The Kier molecular flexibility index (Phi) is 5.04. The highest BCUT2D eigenvalue weighted by molar-refractivity contribution is 5.93. The first-order valence-corrected chi connectivity index (χ1v) is 6.91. The van der Waals surface area contributed by atoms with Gasteiger partial charge in [0.25, 0.3) is 5.91 Å². The van der Waals surface area contributed by atoms with Gasteiger partial charge in [-0.05, 0) is 18.2 Å². The number of carboxylic acids is 1. The van der Waals surface area contributed by atoms with Crippen molar-refractivity contribution in [2.45, 2.75) is 13.1 Å². The molecular weight excluding hydrogens is 348 g/mol. The van der Waals surface area contributed by atoms with Gasteiger partial charge >= 0.3 is 12.1 Å². The molecule has 2 rings (SSSR count). The Morgan fingerprint density at radius 2 is 2.04 bits per heavy atom. The van der Waals surface area contributed by atoms with E-state index in [1.807, 2.05) is 0 Å². The topological polar surface area (TPSA) is 97.1 Å². The molecule has 7 nitrogen and oxygen atoms in total. The Bertz CT molecular complexity index is 804. The lowest BCUT2D eigenvalue weighted by molar-refractivity contribution is -0.143. The Morgan fingerprint density at radius 1 is 1.36 bits per heavy atom. The molecule has 0 aliphatic heterocycles. The van der Waals surface area contributed by atoms with Crippen LogP contribution in [0.15, 0.2) is 24.3 Å². The van der Waals surface area contributed by atoms with Gasteiger partial charge in [0.15, 0.2) is 11.4 Å². The second-order valence-corrected chi connectivity index (χ2v) is 5.13. The maximum absolute atomic E-state index is 13.3. The third-order valence-corrected chi connectivity index (χ3v) is 3.20. The van der Waals surface area contributed by atoms with Gasteiger partial charge in [0.05, 0.1) is 11.6 Å². The smallest absolute Gasteiger partial charge is 0.435 e. The number of carbonyl (C=O) groups is 2. The predicted molar refractivity (Wildman–Crippen MR) is 75.5 cm³/mol. The van der Waals surface area contributed by atoms with Crippen LogP contribution >= 0.6 is 0 Å². The highest BCUT2D eigenvalue weighted by atomic mass is 19.4. The lowest BCUT2D eigenvalue weighted by atomic mass is 10.2. The number of carbonyl (C=O) groups excluding carboxylic acids is 1. The highest BCUT2D eigenvalue weighted by Gasteiger charge is 2.42. The summed E-state index contributed by atoms with van der Waals surface area (Å²) < 4.78 is 53.6. The maximum Gasteiger partial charge on any atom is 0.435 e. The van der Waals surface area contributed by atoms with E-state index in [2.05, 4.69) is 15.6 Å². The summed E-state index contributed by atoms with van der Waals surface area (Å²) in [6.07, 6.45) is -5.00. The van der Waals surface area contributed by atoms with E-state index in [4.69, 9.17) is 5.11 Å². The summed E-state index contributed by atoms with van der Waals surface area (Å²) in [7, 11) is 0. The first-order chi connectivity index (χ1) is 11.6. The maximum atomic E-state index is 13.3. The zero-order chi connectivity index (χ0) is 18.8. The number of hydrogen-bond acceptors (Lipinski definition) is 4. The molecule has 2 aromatic rings. The van der Waals surface area contributed by atoms with Crippen molar-refractivity contribution in [3.8, 4) is 5.69 Å². The number of halogens is 4. The normalized spacial score (nSPS) is 12.7. The number of carboxylic acid groups (broad SMARTS) is 1. The van der Waals surface area contributed by atoms with Gasteiger partial charge in [-0.15, -0.1) is 5.10 Å². The highest BCUT2D eigenvalue weighted by Crippen LogP contribution is 2.32. The van der Waals surface area contributed by atoms with Crippen LogP contribution in [-0.4, -0.2) is 38.5 Å². The van der Waals surface area contributed by atoms with E-state index >= 15 is 0 Å². The molecule has 1 unspecified atom stereocenters. The molecule has 0 radical (unpaired) electrons. The van der Waals surface area contributed by atoms with Crippen molar-refractivity contribution in [1.82, 2.24) is 20.3 Å². The molecule has 1 amide bonds. The summed E-state index contributed by atoms with van der Waals surface area (Å²) in [5.74, 6) is -4.25. The average Bonchev–Trinajstić information content (AvgIpc) is 2.97. The molecule has 1 atom stereocenters. The fraction of sp³-hybridized carbons (Fsp3) is 0.286. The molecule has 11 heteroatoms. The first kappa shape index (κ1) is 18.4. The molecule has 1 heterocycles. The van der Waals surface area contributed by atoms with E-state index in [-0.39, 0.29) is 5.69 Å². The average molecular weight is 360 g/mol. The quantitative estimate of drug-likeness (QED) is 0.794. The van der Waals surface area contributed by atoms with Crippen LogP contribution in [0, 0.1) is 11.7 Å². The Balaban J connectivity index is 2.40. The molecule has 0 bridgehead atoms. The van der Waals surface area contributed by atoms with Gasteiger partial charge in [-0.25, -0.2) is 9.07 Å². The number of aliphatic carboxylic acids is 1. The monoisotopic (exact) mass is 360 g/mol.